The van der Waals surface area contributed by atoms with E-state index in [1.807, 2.05) is 0 Å². The van der Waals surface area contributed by atoms with Crippen LogP contribution in [0.4, 0.5) is 13.2 Å². The summed E-state index contributed by atoms with van der Waals surface area (Å²) in [7, 11) is 0. The number of aromatic nitrogens is 4. The van der Waals surface area contributed by atoms with Crippen LogP contribution in [0.1, 0.15) is 27.3 Å². The first-order valence-corrected chi connectivity index (χ1v) is 7.30. The minimum Gasteiger partial charge on any atom is -0.478 e. The number of aromatic amines is 1. The lowest BCUT2D eigenvalue weighted by Gasteiger charge is -2.15. The van der Waals surface area contributed by atoms with Crippen molar-refractivity contribution >= 4 is 23.3 Å². The van der Waals surface area contributed by atoms with E-state index in [4.69, 9.17) is 5.11 Å². The fourth-order valence-electron chi connectivity index (χ4n) is 2.98. The zero-order chi connectivity index (χ0) is 18.6. The number of carboxylic acids is 1. The number of nitrogens with zero attached hydrogens (tertiary/aromatic N) is 3. The summed E-state index contributed by atoms with van der Waals surface area (Å²) in [6.07, 6.45) is 1.58. The molecule has 0 fully saturated rings. The number of aromatic carboxylic acids is 1. The molecule has 0 unspecified atom stereocenters. The number of hydrogen-bond donors (Lipinski definition) is 2. The van der Waals surface area contributed by atoms with Crippen LogP contribution >= 0.6 is 0 Å². The number of alkyl halides is 3. The Kier molecular flexibility index (Phi) is 3.20. The molecule has 0 amide bonds. The average molecular weight is 362 g/mol. The molecule has 3 aromatic heterocycles. The van der Waals surface area contributed by atoms with Gasteiger partial charge in [0.15, 0.2) is 5.69 Å². The number of carbonyl (C=O) groups is 1. The van der Waals surface area contributed by atoms with Crippen molar-refractivity contribution in [1.29, 1.82) is 0 Å². The third kappa shape index (κ3) is 2.19. The molecule has 0 aromatic carbocycles. The molecule has 4 rings (SSSR count). The average Bonchev–Trinajstić information content (AvgIpc) is 3.09. The highest BCUT2D eigenvalue weighted by atomic mass is 19.4. The summed E-state index contributed by atoms with van der Waals surface area (Å²) in [5, 5.41) is 12.7. The van der Waals surface area contributed by atoms with Crippen LogP contribution in [0.3, 0.4) is 0 Å². The summed E-state index contributed by atoms with van der Waals surface area (Å²) in [5.74, 6) is -1.73. The Hall–Kier alpha value is -3.56. The monoisotopic (exact) mass is 362 g/mol. The summed E-state index contributed by atoms with van der Waals surface area (Å²) in [4.78, 5) is 25.8. The molecule has 0 atom stereocenters. The first-order valence-electron chi connectivity index (χ1n) is 7.30. The van der Waals surface area contributed by atoms with E-state index in [0.717, 1.165) is 0 Å². The van der Waals surface area contributed by atoms with Crippen molar-refractivity contribution in [2.75, 3.05) is 0 Å². The van der Waals surface area contributed by atoms with E-state index in [1.54, 1.807) is 6.08 Å². The molecule has 132 valence electrons. The molecule has 0 saturated carbocycles. The van der Waals surface area contributed by atoms with Gasteiger partial charge in [0.05, 0.1) is 23.1 Å². The molecular weight excluding hydrogens is 353 g/mol. The third-order valence-corrected chi connectivity index (χ3v) is 4.00. The third-order valence-electron chi connectivity index (χ3n) is 4.00. The predicted octanol–water partition coefficient (Wildman–Crippen LogP) is 2.46. The minimum absolute atomic E-state index is 0.00285. The Labute approximate surface area is 142 Å². The molecule has 0 aliphatic heterocycles. The van der Waals surface area contributed by atoms with Crippen LogP contribution < -0.4 is 5.69 Å². The van der Waals surface area contributed by atoms with Gasteiger partial charge in [-0.1, -0.05) is 6.08 Å². The van der Waals surface area contributed by atoms with E-state index in [0.29, 0.717) is 27.7 Å². The highest BCUT2D eigenvalue weighted by molar-refractivity contribution is 5.91. The van der Waals surface area contributed by atoms with Gasteiger partial charge in [-0.05, 0) is 24.3 Å². The van der Waals surface area contributed by atoms with Gasteiger partial charge < -0.3 is 10.1 Å². The molecule has 0 bridgehead atoms. The first kappa shape index (κ1) is 15.9. The van der Waals surface area contributed by atoms with E-state index in [-0.39, 0.29) is 5.70 Å². The van der Waals surface area contributed by atoms with E-state index in [9.17, 15) is 22.8 Å². The van der Waals surface area contributed by atoms with Crippen molar-refractivity contribution < 1.29 is 23.1 Å². The smallest absolute Gasteiger partial charge is 0.434 e. The van der Waals surface area contributed by atoms with Crippen molar-refractivity contribution in [2.45, 2.75) is 6.18 Å². The van der Waals surface area contributed by atoms with Gasteiger partial charge in [0.2, 0.25) is 0 Å². The number of halogens is 3. The zero-order valence-electron chi connectivity index (χ0n) is 12.8. The van der Waals surface area contributed by atoms with Crippen molar-refractivity contribution in [2.24, 2.45) is 0 Å². The van der Waals surface area contributed by atoms with E-state index in [2.05, 4.69) is 10.1 Å². The molecule has 7 nitrogen and oxygen atoms in total. The molecule has 1 aliphatic rings. The second kappa shape index (κ2) is 5.22. The van der Waals surface area contributed by atoms with Gasteiger partial charge in [-0.3, -0.25) is 4.40 Å². The number of allylic oxidation sites excluding steroid dienone is 2. The predicted molar refractivity (Wildman–Crippen MR) is 84.6 cm³/mol. The highest BCUT2D eigenvalue weighted by Crippen LogP contribution is 2.36. The Bertz CT molecular complexity index is 1180. The summed E-state index contributed by atoms with van der Waals surface area (Å²) < 4.78 is 42.4. The van der Waals surface area contributed by atoms with Crippen molar-refractivity contribution in [3.05, 3.63) is 69.7 Å². The van der Waals surface area contributed by atoms with Crippen LogP contribution in [0.5, 0.6) is 0 Å². The fourth-order valence-corrected chi connectivity index (χ4v) is 2.98. The van der Waals surface area contributed by atoms with Crippen LogP contribution in [-0.4, -0.2) is 30.2 Å². The standard InChI is InChI=1S/C16H9F3N4O3/c17-16(18,19)13-9(14(24)25)7-20-23(13)11-5-1-4-10-12-8(11)3-2-6-22(12)15(26)21-10/h1-7H,(H,21,26)(H,24,25). The maximum absolute atomic E-state index is 13.5. The first-order chi connectivity index (χ1) is 12.3. The van der Waals surface area contributed by atoms with Gasteiger partial charge in [-0.25, -0.2) is 14.3 Å². The maximum atomic E-state index is 13.5. The van der Waals surface area contributed by atoms with E-state index >= 15 is 0 Å². The Morgan fingerprint density at radius 3 is 2.77 bits per heavy atom. The normalized spacial score (nSPS) is 13.7. The second-order valence-electron chi connectivity index (χ2n) is 5.52. The van der Waals surface area contributed by atoms with Gasteiger partial charge >= 0.3 is 17.8 Å². The highest BCUT2D eigenvalue weighted by Gasteiger charge is 2.41. The topological polar surface area (TPSA) is 92.4 Å². The lowest BCUT2D eigenvalue weighted by Crippen LogP contribution is -2.18. The molecule has 0 spiro atoms. The molecule has 2 N–H and O–H groups in total. The van der Waals surface area contributed by atoms with Gasteiger partial charge in [-0.2, -0.15) is 18.3 Å². The lowest BCUT2D eigenvalue weighted by atomic mass is 10.1. The van der Waals surface area contributed by atoms with Gasteiger partial charge in [0.1, 0.15) is 5.56 Å². The minimum atomic E-state index is -4.94. The number of hydrogen-bond acceptors (Lipinski definition) is 3. The Morgan fingerprint density at radius 1 is 1.31 bits per heavy atom. The Balaban J connectivity index is 2.06. The number of rotatable bonds is 2. The number of H-pyrrole nitrogens is 1. The zero-order valence-corrected chi connectivity index (χ0v) is 12.8. The molecule has 10 heteroatoms. The quantitative estimate of drug-likeness (QED) is 0.732. The van der Waals surface area contributed by atoms with E-state index < -0.39 is 29.1 Å². The van der Waals surface area contributed by atoms with Crippen molar-refractivity contribution in [3.63, 3.8) is 0 Å². The van der Waals surface area contributed by atoms with Crippen LogP contribution in [-0.2, 0) is 6.18 Å². The molecule has 26 heavy (non-hydrogen) atoms. The van der Waals surface area contributed by atoms with Crippen LogP contribution in [0.25, 0.3) is 17.3 Å². The van der Waals surface area contributed by atoms with Crippen molar-refractivity contribution in [3.8, 4) is 0 Å². The molecule has 3 heterocycles. The summed E-state index contributed by atoms with van der Waals surface area (Å²) in [6, 6.07) is 3.04. The Morgan fingerprint density at radius 2 is 2.08 bits per heavy atom. The molecule has 1 aliphatic carbocycles. The van der Waals surface area contributed by atoms with Gasteiger partial charge in [-0.15, -0.1) is 0 Å². The molecule has 0 radical (unpaired) electrons. The molecular formula is C16H9F3N4O3. The van der Waals surface area contributed by atoms with Gasteiger partial charge in [0.25, 0.3) is 0 Å². The molecule has 3 aromatic rings. The van der Waals surface area contributed by atoms with Crippen molar-refractivity contribution in [1.82, 2.24) is 19.2 Å². The lowest BCUT2D eigenvalue weighted by molar-refractivity contribution is -0.143. The maximum Gasteiger partial charge on any atom is 0.434 e. The number of nitrogens with one attached hydrogen (secondary N) is 1. The van der Waals surface area contributed by atoms with Crippen LogP contribution in [0, 0.1) is 0 Å². The summed E-state index contributed by atoms with van der Waals surface area (Å²) in [6.45, 7) is 0. The van der Waals surface area contributed by atoms with E-state index in [1.165, 1.54) is 34.9 Å². The largest absolute Gasteiger partial charge is 0.478 e. The molecule has 0 saturated heterocycles. The van der Waals surface area contributed by atoms with Crippen LogP contribution in [0.15, 0.2) is 41.5 Å². The second-order valence-corrected chi connectivity index (χ2v) is 5.52. The van der Waals surface area contributed by atoms with Gasteiger partial charge in [0, 0.05) is 11.8 Å². The SMILES string of the molecule is O=C(O)c1cnn(C2=CC=Cc3[nH]c(=O)n4cccc2c34)c1C(F)(F)F. The number of carboxylic acid groups (broad SMARTS) is 1. The van der Waals surface area contributed by atoms with Crippen LogP contribution in [0.2, 0.25) is 0 Å². The number of imidazole rings is 1. The summed E-state index contributed by atoms with van der Waals surface area (Å²) in [5.41, 5.74) is -1.69. The number of pyridine rings is 1. The summed E-state index contributed by atoms with van der Waals surface area (Å²) >= 11 is 0. The fraction of sp³-hybridized carbons (Fsp3) is 0.0625.